The zero-order valence-corrected chi connectivity index (χ0v) is 32.7. The number of ether oxygens (including phenoxy) is 6. The van der Waals surface area contributed by atoms with Crippen LogP contribution in [0.2, 0.25) is 0 Å². The Labute approximate surface area is 325 Å². The summed E-state index contributed by atoms with van der Waals surface area (Å²) in [5, 5.41) is 0. The standard InChI is InChI=1S/C36H26Br4O11/c1-19(41)47-36-31(51-35(45)23-8-16-27(40)17-9-23)30(50-34(44)22-6-14-26(39)15-7-22)29(49-33(43)21-4-12-25(38)13-5-21)28(48-36)18-46-32(42)20-2-10-24(37)11-3-20/h2-17,28-31,36H,18H2,1H3/t28-,29-,30+,31-,36-/m1/s1. The van der Waals surface area contributed by atoms with Crippen molar-refractivity contribution in [2.75, 3.05) is 6.61 Å². The lowest BCUT2D eigenvalue weighted by molar-refractivity contribution is -0.289. The SMILES string of the molecule is CC(=O)O[C@@H]1O[C@H](COC(=O)c2ccc(Br)cc2)[C@@H](OC(=O)c2ccc(Br)cc2)[C@H](OC(=O)c2ccc(Br)cc2)[C@H]1OC(=O)c1ccc(Br)cc1. The third-order valence-electron chi connectivity index (χ3n) is 7.30. The molecule has 264 valence electrons. The van der Waals surface area contributed by atoms with Gasteiger partial charge >= 0.3 is 29.8 Å². The average molecular weight is 954 g/mol. The second-order valence-corrected chi connectivity index (χ2v) is 14.6. The van der Waals surface area contributed by atoms with E-state index in [4.69, 9.17) is 28.4 Å². The number of hydrogen-bond acceptors (Lipinski definition) is 11. The lowest BCUT2D eigenvalue weighted by Crippen LogP contribution is -2.63. The van der Waals surface area contributed by atoms with Crippen molar-refractivity contribution in [2.45, 2.75) is 37.6 Å². The van der Waals surface area contributed by atoms with Crippen LogP contribution in [0, 0.1) is 0 Å². The first-order valence-electron chi connectivity index (χ1n) is 15.0. The van der Waals surface area contributed by atoms with Crippen LogP contribution in [0.5, 0.6) is 0 Å². The van der Waals surface area contributed by atoms with E-state index in [1.165, 1.54) is 48.5 Å². The number of rotatable bonds is 10. The molecule has 1 aliphatic rings. The maximum absolute atomic E-state index is 13.6. The molecular weight excluding hydrogens is 928 g/mol. The van der Waals surface area contributed by atoms with Crippen molar-refractivity contribution in [1.82, 2.24) is 0 Å². The number of carbonyl (C=O) groups is 5. The second-order valence-electron chi connectivity index (χ2n) is 10.9. The quantitative estimate of drug-likeness (QED) is 0.113. The van der Waals surface area contributed by atoms with Gasteiger partial charge in [-0.25, -0.2) is 19.2 Å². The summed E-state index contributed by atoms with van der Waals surface area (Å²) < 4.78 is 37.6. The highest BCUT2D eigenvalue weighted by molar-refractivity contribution is 9.11. The Balaban J connectivity index is 1.55. The van der Waals surface area contributed by atoms with Crippen LogP contribution in [0.4, 0.5) is 0 Å². The van der Waals surface area contributed by atoms with Gasteiger partial charge < -0.3 is 28.4 Å². The first-order chi connectivity index (χ1) is 24.4. The Morgan fingerprint density at radius 1 is 0.490 bits per heavy atom. The summed E-state index contributed by atoms with van der Waals surface area (Å²) in [6, 6.07) is 25.0. The van der Waals surface area contributed by atoms with Crippen LogP contribution in [-0.2, 0) is 33.2 Å². The minimum Gasteiger partial charge on any atom is -0.459 e. The number of halogens is 4. The van der Waals surface area contributed by atoms with Gasteiger partial charge in [0.05, 0.1) is 22.3 Å². The molecule has 0 unspecified atom stereocenters. The number of benzene rings is 4. The molecule has 15 heteroatoms. The third kappa shape index (κ3) is 10.3. The Morgan fingerprint density at radius 3 is 1.20 bits per heavy atom. The first kappa shape index (κ1) is 38.3. The lowest BCUT2D eigenvalue weighted by atomic mass is 9.97. The molecule has 1 fully saturated rings. The fourth-order valence-electron chi connectivity index (χ4n) is 4.83. The minimum absolute atomic E-state index is 0.0999. The van der Waals surface area contributed by atoms with Crippen LogP contribution < -0.4 is 0 Å². The Kier molecular flexibility index (Phi) is 13.2. The van der Waals surface area contributed by atoms with Crippen molar-refractivity contribution >= 4 is 93.6 Å². The smallest absolute Gasteiger partial charge is 0.338 e. The molecule has 5 rings (SSSR count). The largest absolute Gasteiger partial charge is 0.459 e. The van der Waals surface area contributed by atoms with Crippen LogP contribution in [0.3, 0.4) is 0 Å². The van der Waals surface area contributed by atoms with E-state index in [0.29, 0.717) is 13.4 Å². The minimum atomic E-state index is -1.70. The van der Waals surface area contributed by atoms with Gasteiger partial charge in [0.15, 0.2) is 12.2 Å². The summed E-state index contributed by atoms with van der Waals surface area (Å²) in [6.07, 6.45) is -8.02. The summed E-state index contributed by atoms with van der Waals surface area (Å²) in [7, 11) is 0. The van der Waals surface area contributed by atoms with Crippen molar-refractivity contribution in [2.24, 2.45) is 0 Å². The van der Waals surface area contributed by atoms with E-state index in [2.05, 4.69) is 63.7 Å². The number of esters is 5. The van der Waals surface area contributed by atoms with E-state index >= 15 is 0 Å². The molecule has 0 amide bonds. The van der Waals surface area contributed by atoms with Gasteiger partial charge in [-0.1, -0.05) is 63.7 Å². The normalized spacial score (nSPS) is 19.7. The van der Waals surface area contributed by atoms with Crippen molar-refractivity contribution in [1.29, 1.82) is 0 Å². The third-order valence-corrected chi connectivity index (χ3v) is 9.42. The van der Waals surface area contributed by atoms with Crippen molar-refractivity contribution < 1.29 is 52.4 Å². The average Bonchev–Trinajstić information content (AvgIpc) is 3.10. The molecule has 0 spiro atoms. The van der Waals surface area contributed by atoms with E-state index in [9.17, 15) is 24.0 Å². The van der Waals surface area contributed by atoms with Gasteiger partial charge in [0.1, 0.15) is 12.7 Å². The van der Waals surface area contributed by atoms with Crippen LogP contribution in [-0.4, -0.2) is 67.2 Å². The highest BCUT2D eigenvalue weighted by atomic mass is 79.9. The fraction of sp³-hybridized carbons (Fsp3) is 0.194. The van der Waals surface area contributed by atoms with Gasteiger partial charge in [0, 0.05) is 24.8 Å². The maximum Gasteiger partial charge on any atom is 0.338 e. The fourth-order valence-corrected chi connectivity index (χ4v) is 5.89. The van der Waals surface area contributed by atoms with E-state index in [0.717, 1.165) is 11.4 Å². The van der Waals surface area contributed by atoms with E-state index in [-0.39, 0.29) is 22.3 Å². The first-order valence-corrected chi connectivity index (χ1v) is 18.2. The zero-order valence-electron chi connectivity index (χ0n) is 26.3. The molecular formula is C36H26Br4O11. The molecule has 0 bridgehead atoms. The summed E-state index contributed by atoms with van der Waals surface area (Å²) in [4.78, 5) is 66.1. The summed E-state index contributed by atoms with van der Waals surface area (Å²) in [5.41, 5.74) is 0.524. The molecule has 0 radical (unpaired) electrons. The highest BCUT2D eigenvalue weighted by Crippen LogP contribution is 2.32. The van der Waals surface area contributed by atoms with Crippen LogP contribution in [0.1, 0.15) is 48.4 Å². The molecule has 5 atom stereocenters. The molecule has 0 aromatic heterocycles. The molecule has 0 aliphatic carbocycles. The lowest BCUT2D eigenvalue weighted by Gasteiger charge is -2.43. The van der Waals surface area contributed by atoms with Gasteiger partial charge in [0.2, 0.25) is 12.4 Å². The number of hydrogen-bond donors (Lipinski definition) is 0. The Hall–Kier alpha value is -3.89. The molecule has 1 aliphatic heterocycles. The van der Waals surface area contributed by atoms with Gasteiger partial charge in [-0.05, 0) is 97.1 Å². The molecule has 4 aromatic rings. The molecule has 1 heterocycles. The summed E-state index contributed by atoms with van der Waals surface area (Å²) in [5.74, 6) is -4.24. The van der Waals surface area contributed by atoms with Crippen molar-refractivity contribution in [3.8, 4) is 0 Å². The van der Waals surface area contributed by atoms with Crippen LogP contribution in [0.15, 0.2) is 115 Å². The maximum atomic E-state index is 13.6. The van der Waals surface area contributed by atoms with Crippen molar-refractivity contribution in [3.63, 3.8) is 0 Å². The molecule has 0 N–H and O–H groups in total. The van der Waals surface area contributed by atoms with Gasteiger partial charge in [-0.3, -0.25) is 4.79 Å². The van der Waals surface area contributed by atoms with E-state index in [1.54, 1.807) is 48.5 Å². The second kappa shape index (κ2) is 17.6. The van der Waals surface area contributed by atoms with Crippen LogP contribution >= 0.6 is 63.7 Å². The molecule has 51 heavy (non-hydrogen) atoms. The molecule has 1 saturated heterocycles. The molecule has 4 aromatic carbocycles. The topological polar surface area (TPSA) is 141 Å². The van der Waals surface area contributed by atoms with E-state index in [1.807, 2.05) is 0 Å². The Bertz CT molecular complexity index is 1880. The Morgan fingerprint density at radius 2 is 0.824 bits per heavy atom. The molecule has 11 nitrogen and oxygen atoms in total. The summed E-state index contributed by atoms with van der Waals surface area (Å²) in [6.45, 7) is 0.534. The molecule has 0 saturated carbocycles. The van der Waals surface area contributed by atoms with Gasteiger partial charge in [0.25, 0.3) is 0 Å². The predicted octanol–water partition coefficient (Wildman–Crippen LogP) is 7.86. The van der Waals surface area contributed by atoms with Gasteiger partial charge in [-0.15, -0.1) is 0 Å². The monoisotopic (exact) mass is 950 g/mol. The zero-order chi connectivity index (χ0) is 36.7. The summed E-state index contributed by atoms with van der Waals surface area (Å²) >= 11 is 13.3. The van der Waals surface area contributed by atoms with Gasteiger partial charge in [-0.2, -0.15) is 0 Å². The predicted molar refractivity (Wildman–Crippen MR) is 195 cm³/mol. The van der Waals surface area contributed by atoms with Crippen LogP contribution in [0.25, 0.3) is 0 Å². The highest BCUT2D eigenvalue weighted by Gasteiger charge is 2.54. The van der Waals surface area contributed by atoms with E-state index < -0.39 is 67.2 Å². The van der Waals surface area contributed by atoms with Crippen molar-refractivity contribution in [3.05, 3.63) is 137 Å². The number of carbonyl (C=O) groups excluding carboxylic acids is 5.